The highest BCUT2D eigenvalue weighted by atomic mass is 35.5. The molecule has 1 amide bonds. The molecule has 0 N–H and O–H groups in total. The molecule has 0 bridgehead atoms. The van der Waals surface area contributed by atoms with E-state index in [9.17, 15) is 4.79 Å². The molecule has 0 radical (unpaired) electrons. The van der Waals surface area contributed by atoms with Crippen LogP contribution >= 0.6 is 22.9 Å². The zero-order chi connectivity index (χ0) is 18.1. The van der Waals surface area contributed by atoms with Gasteiger partial charge in [0.05, 0.1) is 21.8 Å². The minimum absolute atomic E-state index is 0.111. The predicted octanol–water partition coefficient (Wildman–Crippen LogP) is 3.26. The Labute approximate surface area is 158 Å². The molecule has 0 saturated carbocycles. The lowest BCUT2D eigenvalue weighted by atomic mass is 10.2. The van der Waals surface area contributed by atoms with Gasteiger partial charge in [-0.15, -0.1) is 6.42 Å². The second-order valence-corrected chi connectivity index (χ2v) is 6.99. The Bertz CT molecular complexity index is 1110. The molecule has 0 spiro atoms. The summed E-state index contributed by atoms with van der Waals surface area (Å²) in [6.45, 7) is 0.376. The Balaban J connectivity index is 1.73. The second-order valence-electron chi connectivity index (χ2n) is 5.58. The highest BCUT2D eigenvalue weighted by molar-refractivity contribution is 7.16. The van der Waals surface area contributed by atoms with Crippen molar-refractivity contribution in [1.82, 2.24) is 4.57 Å². The van der Waals surface area contributed by atoms with Crippen LogP contribution in [0.4, 0.5) is 0 Å². The van der Waals surface area contributed by atoms with E-state index in [4.69, 9.17) is 27.5 Å². The van der Waals surface area contributed by atoms with Crippen LogP contribution in [0.5, 0.6) is 11.5 Å². The Hall–Kier alpha value is -2.75. The third-order valence-electron chi connectivity index (χ3n) is 3.89. The van der Waals surface area contributed by atoms with Crippen LogP contribution in [-0.4, -0.2) is 23.2 Å². The number of para-hydroxylation sites is 3. The summed E-state index contributed by atoms with van der Waals surface area (Å²) >= 11 is 7.65. The number of thiazole rings is 1. The molecule has 2 heterocycles. The number of amides is 1. The SMILES string of the molecule is C#CCn1c(=NC(=O)[C@@H]2COc3ccccc3O2)sc2cccc(Cl)c21. The number of ether oxygens (including phenoxy) is 2. The number of hydrogen-bond donors (Lipinski definition) is 0. The van der Waals surface area contributed by atoms with Crippen LogP contribution in [-0.2, 0) is 11.3 Å². The van der Waals surface area contributed by atoms with E-state index in [-0.39, 0.29) is 13.2 Å². The molecule has 26 heavy (non-hydrogen) atoms. The van der Waals surface area contributed by atoms with Gasteiger partial charge in [-0.1, -0.05) is 47.1 Å². The summed E-state index contributed by atoms with van der Waals surface area (Å²) in [6.07, 6.45) is 4.67. The van der Waals surface area contributed by atoms with Crippen LogP contribution in [0.1, 0.15) is 0 Å². The maximum absolute atomic E-state index is 12.6. The molecule has 5 nitrogen and oxygen atoms in total. The monoisotopic (exact) mass is 384 g/mol. The first kappa shape index (κ1) is 16.7. The topological polar surface area (TPSA) is 52.8 Å². The van der Waals surface area contributed by atoms with Crippen LogP contribution in [0, 0.1) is 12.3 Å². The Kier molecular flexibility index (Phi) is 4.41. The van der Waals surface area contributed by atoms with Gasteiger partial charge in [0.1, 0.15) is 6.61 Å². The van der Waals surface area contributed by atoms with Crippen LogP contribution in [0.15, 0.2) is 47.5 Å². The summed E-state index contributed by atoms with van der Waals surface area (Å²) < 4.78 is 14.0. The number of hydrogen-bond acceptors (Lipinski definition) is 4. The normalized spacial score (nSPS) is 16.5. The molecule has 1 aromatic heterocycles. The highest BCUT2D eigenvalue weighted by Gasteiger charge is 2.27. The molecule has 3 aromatic rings. The van der Waals surface area contributed by atoms with E-state index in [1.54, 1.807) is 22.8 Å². The molecule has 0 aliphatic carbocycles. The van der Waals surface area contributed by atoms with Crippen molar-refractivity contribution in [3.63, 3.8) is 0 Å². The summed E-state index contributed by atoms with van der Waals surface area (Å²) in [5.41, 5.74) is 0.773. The minimum atomic E-state index is -0.801. The Morgan fingerprint density at radius 2 is 2.12 bits per heavy atom. The van der Waals surface area contributed by atoms with Gasteiger partial charge in [0.25, 0.3) is 5.91 Å². The zero-order valence-electron chi connectivity index (χ0n) is 13.5. The quantitative estimate of drug-likeness (QED) is 0.637. The average molecular weight is 385 g/mol. The van der Waals surface area contributed by atoms with Crippen LogP contribution < -0.4 is 14.3 Å². The third kappa shape index (κ3) is 2.96. The molecule has 1 aliphatic rings. The van der Waals surface area contributed by atoms with Crippen molar-refractivity contribution in [1.29, 1.82) is 0 Å². The fourth-order valence-electron chi connectivity index (χ4n) is 2.72. The van der Waals surface area contributed by atoms with E-state index in [0.717, 1.165) is 10.2 Å². The number of rotatable bonds is 2. The van der Waals surface area contributed by atoms with Crippen molar-refractivity contribution in [2.24, 2.45) is 4.99 Å². The summed E-state index contributed by atoms with van der Waals surface area (Å²) in [5.74, 6) is 3.31. The maximum atomic E-state index is 12.6. The van der Waals surface area contributed by atoms with Gasteiger partial charge in [-0.2, -0.15) is 4.99 Å². The van der Waals surface area contributed by atoms with Gasteiger partial charge in [-0.25, -0.2) is 0 Å². The van der Waals surface area contributed by atoms with Gasteiger partial charge >= 0.3 is 0 Å². The lowest BCUT2D eigenvalue weighted by Crippen LogP contribution is -2.36. The molecule has 0 saturated heterocycles. The lowest BCUT2D eigenvalue weighted by molar-refractivity contribution is -0.127. The highest BCUT2D eigenvalue weighted by Crippen LogP contribution is 2.31. The number of terminal acetylenes is 1. The molecule has 0 unspecified atom stereocenters. The summed E-state index contributed by atoms with van der Waals surface area (Å²) in [7, 11) is 0. The molecule has 1 aliphatic heterocycles. The van der Waals surface area contributed by atoms with Gasteiger partial charge in [0.2, 0.25) is 6.10 Å². The van der Waals surface area contributed by atoms with E-state index in [2.05, 4.69) is 10.9 Å². The first-order valence-corrected chi connectivity index (χ1v) is 9.05. The number of aromatic nitrogens is 1. The van der Waals surface area contributed by atoms with Crippen molar-refractivity contribution in [3.05, 3.63) is 52.3 Å². The number of carbonyl (C=O) groups is 1. The van der Waals surface area contributed by atoms with Crippen LogP contribution in [0.2, 0.25) is 5.02 Å². The van der Waals surface area contributed by atoms with Crippen LogP contribution in [0.3, 0.4) is 0 Å². The average Bonchev–Trinajstić information content (AvgIpc) is 3.00. The summed E-state index contributed by atoms with van der Waals surface area (Å²) in [6, 6.07) is 12.8. The van der Waals surface area contributed by atoms with Crippen LogP contribution in [0.25, 0.3) is 10.2 Å². The van der Waals surface area contributed by atoms with Gasteiger partial charge in [-0.3, -0.25) is 4.79 Å². The number of benzene rings is 2. The van der Waals surface area contributed by atoms with Crippen molar-refractivity contribution in [3.8, 4) is 23.8 Å². The maximum Gasteiger partial charge on any atom is 0.292 e. The molecule has 7 heteroatoms. The zero-order valence-corrected chi connectivity index (χ0v) is 15.1. The van der Waals surface area contributed by atoms with Crippen molar-refractivity contribution in [2.45, 2.75) is 12.6 Å². The Morgan fingerprint density at radius 1 is 1.31 bits per heavy atom. The number of fused-ring (bicyclic) bond motifs is 2. The fraction of sp³-hybridized carbons (Fsp3) is 0.158. The lowest BCUT2D eigenvalue weighted by Gasteiger charge is -2.23. The number of carbonyl (C=O) groups excluding carboxylic acids is 1. The molecular weight excluding hydrogens is 372 g/mol. The van der Waals surface area contributed by atoms with Gasteiger partial charge in [0, 0.05) is 0 Å². The van der Waals surface area contributed by atoms with Gasteiger partial charge in [0.15, 0.2) is 16.3 Å². The molecule has 2 aromatic carbocycles. The number of halogens is 1. The van der Waals surface area contributed by atoms with E-state index in [1.807, 2.05) is 24.3 Å². The Morgan fingerprint density at radius 3 is 2.92 bits per heavy atom. The van der Waals surface area contributed by atoms with E-state index in [1.165, 1.54) is 11.3 Å². The van der Waals surface area contributed by atoms with Gasteiger partial charge < -0.3 is 14.0 Å². The smallest absolute Gasteiger partial charge is 0.292 e. The predicted molar refractivity (Wildman–Crippen MR) is 101 cm³/mol. The molecule has 130 valence electrons. The first-order valence-electron chi connectivity index (χ1n) is 7.86. The molecule has 1 atom stereocenters. The number of nitrogens with zero attached hydrogens (tertiary/aromatic N) is 2. The molecule has 4 rings (SSSR count). The summed E-state index contributed by atoms with van der Waals surface area (Å²) in [5, 5.41) is 0.564. The molecular formula is C19H13ClN2O3S. The first-order chi connectivity index (χ1) is 12.7. The standard InChI is InChI=1S/C19H13ClN2O3S/c1-2-10-22-17-12(20)6-5-9-16(17)26-19(22)21-18(23)15-11-24-13-7-3-4-8-14(13)25-15/h1,3-9,15H,10-11H2/t15-/m0/s1. The molecule has 0 fully saturated rings. The summed E-state index contributed by atoms with van der Waals surface area (Å²) in [4.78, 5) is 17.4. The van der Waals surface area contributed by atoms with Crippen molar-refractivity contribution < 1.29 is 14.3 Å². The second kappa shape index (κ2) is 6.87. The largest absolute Gasteiger partial charge is 0.485 e. The van der Waals surface area contributed by atoms with Gasteiger partial charge in [-0.05, 0) is 24.3 Å². The van der Waals surface area contributed by atoms with E-state index < -0.39 is 12.0 Å². The van der Waals surface area contributed by atoms with Crippen molar-refractivity contribution in [2.75, 3.05) is 6.61 Å². The van der Waals surface area contributed by atoms with E-state index in [0.29, 0.717) is 21.3 Å². The van der Waals surface area contributed by atoms with Crippen molar-refractivity contribution >= 4 is 39.1 Å². The fourth-order valence-corrected chi connectivity index (χ4v) is 4.11. The van der Waals surface area contributed by atoms with E-state index >= 15 is 0 Å². The third-order valence-corrected chi connectivity index (χ3v) is 5.24. The minimum Gasteiger partial charge on any atom is -0.485 e.